The van der Waals surface area contributed by atoms with Crippen LogP contribution in [-0.2, 0) is 0 Å². The highest BCUT2D eigenvalue weighted by Gasteiger charge is 2.24. The lowest BCUT2D eigenvalue weighted by molar-refractivity contribution is 0.147. The van der Waals surface area contributed by atoms with Crippen molar-refractivity contribution in [1.82, 2.24) is 15.0 Å². The summed E-state index contributed by atoms with van der Waals surface area (Å²) in [6, 6.07) is 0. The van der Waals surface area contributed by atoms with E-state index in [0.717, 1.165) is 25.9 Å². The van der Waals surface area contributed by atoms with Crippen LogP contribution in [0.1, 0.15) is 19.8 Å². The van der Waals surface area contributed by atoms with Gasteiger partial charge in [0.15, 0.2) is 0 Å². The van der Waals surface area contributed by atoms with Crippen LogP contribution >= 0.6 is 0 Å². The van der Waals surface area contributed by atoms with Crippen molar-refractivity contribution < 1.29 is 10.2 Å². The van der Waals surface area contributed by atoms with Crippen LogP contribution in [0, 0.1) is 0 Å². The van der Waals surface area contributed by atoms with Crippen molar-refractivity contribution in [3.63, 3.8) is 0 Å². The average molecular weight is 268 g/mol. The van der Waals surface area contributed by atoms with Crippen molar-refractivity contribution in [1.29, 1.82) is 0 Å². The summed E-state index contributed by atoms with van der Waals surface area (Å²) in [5.41, 5.74) is 4.78. The van der Waals surface area contributed by atoms with Crippen LogP contribution in [0.15, 0.2) is 0 Å². The van der Waals surface area contributed by atoms with E-state index in [1.807, 2.05) is 4.90 Å². The number of nitrogen functional groups attached to an aromatic ring is 1. The van der Waals surface area contributed by atoms with E-state index in [1.54, 1.807) is 6.92 Å². The molecule has 5 N–H and O–H groups in total. The minimum Gasteiger partial charge on any atom is -0.394 e. The fourth-order valence-corrected chi connectivity index (χ4v) is 1.89. The van der Waals surface area contributed by atoms with E-state index in [2.05, 4.69) is 20.3 Å². The van der Waals surface area contributed by atoms with Gasteiger partial charge in [-0.1, -0.05) is 0 Å². The molecule has 19 heavy (non-hydrogen) atoms. The van der Waals surface area contributed by atoms with Crippen molar-refractivity contribution in [3.8, 4) is 0 Å². The molecule has 0 spiro atoms. The molecular weight excluding hydrogens is 248 g/mol. The van der Waals surface area contributed by atoms with Gasteiger partial charge in [-0.2, -0.15) is 15.0 Å². The maximum atomic E-state index is 9.26. The number of aromatic nitrogens is 3. The van der Waals surface area contributed by atoms with E-state index in [4.69, 9.17) is 5.73 Å². The maximum Gasteiger partial charge on any atom is 0.231 e. The predicted octanol–water partition coefficient (Wildman–Crippen LogP) is -0.791. The lowest BCUT2D eigenvalue weighted by atomic mass is 10.1. The molecule has 0 amide bonds. The molecule has 0 unspecified atom stereocenters. The molecule has 1 aromatic rings. The Labute approximate surface area is 111 Å². The molecule has 1 saturated heterocycles. The van der Waals surface area contributed by atoms with Crippen molar-refractivity contribution in [2.45, 2.75) is 25.3 Å². The van der Waals surface area contributed by atoms with Gasteiger partial charge in [-0.25, -0.2) is 0 Å². The first-order valence-corrected chi connectivity index (χ1v) is 6.33. The Balaban J connectivity index is 2.21. The third-order valence-electron chi connectivity index (χ3n) is 3.14. The summed E-state index contributed by atoms with van der Waals surface area (Å²) in [6.45, 7) is 2.99. The Morgan fingerprint density at radius 2 is 1.84 bits per heavy atom. The molecule has 0 radical (unpaired) electrons. The molecule has 0 atom stereocenters. The number of aliphatic hydroxyl groups excluding tert-OH is 2. The molecule has 0 aromatic carbocycles. The highest BCUT2D eigenvalue weighted by atomic mass is 16.3. The normalized spacial score (nSPS) is 15.8. The first-order chi connectivity index (χ1) is 9.06. The number of aliphatic hydroxyl groups is 2. The number of rotatable bonds is 5. The lowest BCUT2D eigenvalue weighted by Gasteiger charge is -2.26. The largest absolute Gasteiger partial charge is 0.394 e. The zero-order valence-corrected chi connectivity index (χ0v) is 11.0. The standard InChI is InChI=1S/C11H20N6O2/c1-11(6-18,7-19)16-9-13-8(12)14-10(15-9)17-4-2-3-5-17/h18-19H,2-7H2,1H3,(H3,12,13,14,15,16). The van der Waals surface area contributed by atoms with Crippen LogP contribution in [0.4, 0.5) is 17.8 Å². The monoisotopic (exact) mass is 268 g/mol. The number of anilines is 3. The minimum absolute atomic E-state index is 0.123. The Bertz CT molecular complexity index is 431. The Hall–Kier alpha value is -1.67. The quantitative estimate of drug-likeness (QED) is 0.548. The van der Waals surface area contributed by atoms with Crippen molar-refractivity contribution in [2.75, 3.05) is 42.3 Å². The summed E-state index contributed by atoms with van der Waals surface area (Å²) in [5, 5.41) is 21.4. The molecule has 2 heterocycles. The molecule has 0 aliphatic carbocycles. The summed E-state index contributed by atoms with van der Waals surface area (Å²) < 4.78 is 0. The summed E-state index contributed by atoms with van der Waals surface area (Å²) in [7, 11) is 0. The molecule has 2 rings (SSSR count). The van der Waals surface area contributed by atoms with E-state index in [9.17, 15) is 10.2 Å². The molecule has 0 saturated carbocycles. The summed E-state index contributed by atoms with van der Waals surface area (Å²) in [5.74, 6) is 0.920. The van der Waals surface area contributed by atoms with E-state index >= 15 is 0 Å². The van der Waals surface area contributed by atoms with Gasteiger partial charge in [0, 0.05) is 13.1 Å². The maximum absolute atomic E-state index is 9.26. The molecule has 8 nitrogen and oxygen atoms in total. The molecule has 1 aliphatic rings. The molecule has 106 valence electrons. The van der Waals surface area contributed by atoms with Crippen molar-refractivity contribution in [2.24, 2.45) is 0 Å². The second kappa shape index (κ2) is 5.54. The predicted molar refractivity (Wildman–Crippen MR) is 71.9 cm³/mol. The second-order valence-corrected chi connectivity index (χ2v) is 5.01. The minimum atomic E-state index is -0.893. The van der Waals surface area contributed by atoms with E-state index in [-0.39, 0.29) is 25.1 Å². The van der Waals surface area contributed by atoms with Crippen LogP contribution < -0.4 is 16.0 Å². The Kier molecular flexibility index (Phi) is 4.01. The third kappa shape index (κ3) is 3.21. The highest BCUT2D eigenvalue weighted by Crippen LogP contribution is 2.19. The molecule has 0 bridgehead atoms. The first kappa shape index (κ1) is 13.8. The smallest absolute Gasteiger partial charge is 0.231 e. The van der Waals surface area contributed by atoms with E-state index in [0.29, 0.717) is 5.95 Å². The van der Waals surface area contributed by atoms with Crippen LogP contribution in [0.3, 0.4) is 0 Å². The number of hydrogen-bond acceptors (Lipinski definition) is 8. The van der Waals surface area contributed by atoms with E-state index in [1.165, 1.54) is 0 Å². The Morgan fingerprint density at radius 1 is 1.21 bits per heavy atom. The average Bonchev–Trinajstić information content (AvgIpc) is 2.92. The fourth-order valence-electron chi connectivity index (χ4n) is 1.89. The fraction of sp³-hybridized carbons (Fsp3) is 0.727. The van der Waals surface area contributed by atoms with Gasteiger partial charge in [-0.15, -0.1) is 0 Å². The topological polar surface area (TPSA) is 120 Å². The van der Waals surface area contributed by atoms with Gasteiger partial charge >= 0.3 is 0 Å². The molecule has 1 fully saturated rings. The van der Waals surface area contributed by atoms with Gasteiger partial charge in [0.2, 0.25) is 17.8 Å². The number of nitrogens with zero attached hydrogens (tertiary/aromatic N) is 4. The van der Waals surface area contributed by atoms with Gasteiger partial charge in [-0.05, 0) is 19.8 Å². The Morgan fingerprint density at radius 3 is 2.42 bits per heavy atom. The summed E-state index contributed by atoms with van der Waals surface area (Å²) >= 11 is 0. The number of hydrogen-bond donors (Lipinski definition) is 4. The summed E-state index contributed by atoms with van der Waals surface area (Å²) in [6.07, 6.45) is 2.22. The number of nitrogens with one attached hydrogen (secondary N) is 1. The molecule has 1 aliphatic heterocycles. The lowest BCUT2D eigenvalue weighted by Crippen LogP contribution is -2.43. The second-order valence-electron chi connectivity index (χ2n) is 5.01. The van der Waals surface area contributed by atoms with Gasteiger partial charge in [0.05, 0.1) is 18.8 Å². The van der Waals surface area contributed by atoms with E-state index < -0.39 is 5.54 Å². The van der Waals surface area contributed by atoms with Crippen LogP contribution in [0.5, 0.6) is 0 Å². The molecule has 1 aromatic heterocycles. The van der Waals surface area contributed by atoms with Crippen LogP contribution in [0.2, 0.25) is 0 Å². The highest BCUT2D eigenvalue weighted by molar-refractivity contribution is 5.43. The van der Waals surface area contributed by atoms with Crippen LogP contribution in [0.25, 0.3) is 0 Å². The van der Waals surface area contributed by atoms with Gasteiger partial charge in [-0.3, -0.25) is 0 Å². The van der Waals surface area contributed by atoms with Gasteiger partial charge < -0.3 is 26.2 Å². The van der Waals surface area contributed by atoms with Crippen molar-refractivity contribution >= 4 is 17.8 Å². The van der Waals surface area contributed by atoms with Crippen molar-refractivity contribution in [3.05, 3.63) is 0 Å². The zero-order chi connectivity index (χ0) is 13.9. The number of nitrogens with two attached hydrogens (primary N) is 1. The molecular formula is C11H20N6O2. The SMILES string of the molecule is CC(CO)(CO)Nc1nc(N)nc(N2CCCC2)n1. The van der Waals surface area contributed by atoms with Gasteiger partial charge in [0.1, 0.15) is 0 Å². The zero-order valence-electron chi connectivity index (χ0n) is 11.0. The molecule has 8 heteroatoms. The first-order valence-electron chi connectivity index (χ1n) is 6.33. The van der Waals surface area contributed by atoms with Gasteiger partial charge in [0.25, 0.3) is 0 Å². The third-order valence-corrected chi connectivity index (χ3v) is 3.14. The van der Waals surface area contributed by atoms with Crippen LogP contribution in [-0.4, -0.2) is 57.0 Å². The summed E-state index contributed by atoms with van der Waals surface area (Å²) in [4.78, 5) is 14.4.